The third-order valence-corrected chi connectivity index (χ3v) is 4.60. The first-order valence-electron chi connectivity index (χ1n) is 6.42. The Balaban J connectivity index is 1.73. The molecular formula is C13H25N. The fourth-order valence-electron chi connectivity index (χ4n) is 3.01. The molecule has 1 unspecified atom stereocenters. The number of likely N-dealkylation sites (tertiary alicyclic amines) is 1. The summed E-state index contributed by atoms with van der Waals surface area (Å²) in [6.07, 6.45) is 5.86. The highest BCUT2D eigenvalue weighted by Gasteiger charge is 2.37. The van der Waals surface area contributed by atoms with E-state index in [1.165, 1.54) is 38.8 Å². The van der Waals surface area contributed by atoms with Crippen molar-refractivity contribution in [3.8, 4) is 0 Å². The van der Waals surface area contributed by atoms with Crippen LogP contribution in [0, 0.1) is 17.8 Å². The first kappa shape index (κ1) is 10.5. The number of rotatable bonds is 3. The van der Waals surface area contributed by atoms with E-state index in [4.69, 9.17) is 0 Å². The van der Waals surface area contributed by atoms with Crippen LogP contribution in [0.2, 0.25) is 0 Å². The molecule has 1 saturated heterocycles. The van der Waals surface area contributed by atoms with Gasteiger partial charge in [0, 0.05) is 6.04 Å². The van der Waals surface area contributed by atoms with E-state index in [0.717, 1.165) is 23.8 Å². The fourth-order valence-corrected chi connectivity index (χ4v) is 3.01. The molecule has 0 amide bonds. The minimum absolute atomic E-state index is 0.875. The summed E-state index contributed by atoms with van der Waals surface area (Å²) in [5.41, 5.74) is 0. The molecule has 2 rings (SSSR count). The Labute approximate surface area is 88.9 Å². The highest BCUT2D eigenvalue weighted by Crippen LogP contribution is 2.40. The van der Waals surface area contributed by atoms with Gasteiger partial charge in [-0.3, -0.25) is 0 Å². The second kappa shape index (κ2) is 4.22. The minimum atomic E-state index is 0.875. The molecule has 1 saturated carbocycles. The van der Waals surface area contributed by atoms with Crippen LogP contribution in [-0.2, 0) is 0 Å². The summed E-state index contributed by atoms with van der Waals surface area (Å²) in [5, 5.41) is 0. The molecule has 2 fully saturated rings. The Hall–Kier alpha value is -0.0400. The predicted molar refractivity (Wildman–Crippen MR) is 61.3 cm³/mol. The van der Waals surface area contributed by atoms with E-state index in [0.29, 0.717) is 0 Å². The molecule has 1 aliphatic heterocycles. The standard InChI is InChI=1S/C13H25N/c1-10(2)11(3)12-8-13(9-12)14-6-4-5-7-14/h10-13H,4-9H2,1-3H3. The zero-order chi connectivity index (χ0) is 10.1. The highest BCUT2D eigenvalue weighted by molar-refractivity contribution is 4.91. The van der Waals surface area contributed by atoms with Gasteiger partial charge in [0.25, 0.3) is 0 Å². The maximum Gasteiger partial charge on any atom is 0.0101 e. The van der Waals surface area contributed by atoms with Crippen LogP contribution in [0.15, 0.2) is 0 Å². The molecule has 1 atom stereocenters. The molecular weight excluding hydrogens is 170 g/mol. The average molecular weight is 195 g/mol. The van der Waals surface area contributed by atoms with E-state index in [9.17, 15) is 0 Å². The molecule has 1 heteroatoms. The van der Waals surface area contributed by atoms with Gasteiger partial charge >= 0.3 is 0 Å². The molecule has 0 radical (unpaired) electrons. The van der Waals surface area contributed by atoms with Gasteiger partial charge in [0.15, 0.2) is 0 Å². The Morgan fingerprint density at radius 3 is 2.07 bits per heavy atom. The fraction of sp³-hybridized carbons (Fsp3) is 1.00. The molecule has 0 N–H and O–H groups in total. The average Bonchev–Trinajstić information content (AvgIpc) is 2.54. The summed E-state index contributed by atoms with van der Waals surface area (Å²) >= 11 is 0. The van der Waals surface area contributed by atoms with Gasteiger partial charge in [0.2, 0.25) is 0 Å². The van der Waals surface area contributed by atoms with Crippen LogP contribution in [0.1, 0.15) is 46.5 Å². The summed E-state index contributed by atoms with van der Waals surface area (Å²) in [6, 6.07) is 0.962. The Kier molecular flexibility index (Phi) is 3.16. The van der Waals surface area contributed by atoms with Crippen LogP contribution in [-0.4, -0.2) is 24.0 Å². The molecule has 0 bridgehead atoms. The highest BCUT2D eigenvalue weighted by atomic mass is 15.2. The van der Waals surface area contributed by atoms with E-state index in [1.807, 2.05) is 0 Å². The van der Waals surface area contributed by atoms with Gasteiger partial charge in [-0.05, 0) is 56.5 Å². The summed E-state index contributed by atoms with van der Waals surface area (Å²) < 4.78 is 0. The molecule has 2 aliphatic rings. The van der Waals surface area contributed by atoms with E-state index >= 15 is 0 Å². The second-order valence-electron chi connectivity index (χ2n) is 5.73. The van der Waals surface area contributed by atoms with Gasteiger partial charge in [-0.1, -0.05) is 20.8 Å². The van der Waals surface area contributed by atoms with Crippen LogP contribution in [0.25, 0.3) is 0 Å². The van der Waals surface area contributed by atoms with E-state index in [1.54, 1.807) is 0 Å². The van der Waals surface area contributed by atoms with Gasteiger partial charge in [-0.15, -0.1) is 0 Å². The van der Waals surface area contributed by atoms with Gasteiger partial charge < -0.3 is 4.90 Å². The lowest BCUT2D eigenvalue weighted by molar-refractivity contribution is 0.0537. The molecule has 82 valence electrons. The van der Waals surface area contributed by atoms with Gasteiger partial charge in [0.05, 0.1) is 0 Å². The quantitative estimate of drug-likeness (QED) is 0.668. The van der Waals surface area contributed by atoms with Crippen molar-refractivity contribution in [2.75, 3.05) is 13.1 Å². The molecule has 0 aromatic heterocycles. The van der Waals surface area contributed by atoms with Crippen molar-refractivity contribution in [1.82, 2.24) is 4.90 Å². The Morgan fingerprint density at radius 2 is 1.57 bits per heavy atom. The monoisotopic (exact) mass is 195 g/mol. The van der Waals surface area contributed by atoms with E-state index in [2.05, 4.69) is 25.7 Å². The number of hydrogen-bond donors (Lipinski definition) is 0. The van der Waals surface area contributed by atoms with Crippen molar-refractivity contribution < 1.29 is 0 Å². The van der Waals surface area contributed by atoms with Crippen molar-refractivity contribution in [2.24, 2.45) is 17.8 Å². The van der Waals surface area contributed by atoms with Crippen LogP contribution >= 0.6 is 0 Å². The van der Waals surface area contributed by atoms with Gasteiger partial charge in [-0.2, -0.15) is 0 Å². The zero-order valence-electron chi connectivity index (χ0n) is 10.00. The molecule has 0 aromatic rings. The maximum absolute atomic E-state index is 2.73. The molecule has 1 nitrogen and oxygen atoms in total. The zero-order valence-corrected chi connectivity index (χ0v) is 10.00. The largest absolute Gasteiger partial charge is 0.300 e. The molecule has 0 spiro atoms. The van der Waals surface area contributed by atoms with Gasteiger partial charge in [-0.25, -0.2) is 0 Å². The minimum Gasteiger partial charge on any atom is -0.300 e. The van der Waals surface area contributed by atoms with Crippen LogP contribution < -0.4 is 0 Å². The molecule has 1 aliphatic carbocycles. The second-order valence-corrected chi connectivity index (χ2v) is 5.73. The first-order valence-corrected chi connectivity index (χ1v) is 6.42. The van der Waals surface area contributed by atoms with Crippen molar-refractivity contribution in [3.05, 3.63) is 0 Å². The topological polar surface area (TPSA) is 3.24 Å². The molecule has 0 aromatic carbocycles. The summed E-state index contributed by atoms with van der Waals surface area (Å²) in [7, 11) is 0. The lowest BCUT2D eigenvalue weighted by Crippen LogP contribution is -2.45. The third kappa shape index (κ3) is 1.98. The van der Waals surface area contributed by atoms with Crippen LogP contribution in [0.5, 0.6) is 0 Å². The molecule has 1 heterocycles. The van der Waals surface area contributed by atoms with Gasteiger partial charge in [0.1, 0.15) is 0 Å². The third-order valence-electron chi connectivity index (χ3n) is 4.60. The van der Waals surface area contributed by atoms with Crippen LogP contribution in [0.3, 0.4) is 0 Å². The van der Waals surface area contributed by atoms with Crippen molar-refractivity contribution >= 4 is 0 Å². The lowest BCUT2D eigenvalue weighted by Gasteiger charge is -2.45. The Morgan fingerprint density at radius 1 is 1.00 bits per heavy atom. The summed E-state index contributed by atoms with van der Waals surface area (Å²) in [6.45, 7) is 9.94. The van der Waals surface area contributed by atoms with E-state index < -0.39 is 0 Å². The normalized spacial score (nSPS) is 36.0. The van der Waals surface area contributed by atoms with E-state index in [-0.39, 0.29) is 0 Å². The maximum atomic E-state index is 2.73. The predicted octanol–water partition coefficient (Wildman–Crippen LogP) is 3.15. The Bertz CT molecular complexity index is 170. The number of nitrogens with zero attached hydrogens (tertiary/aromatic N) is 1. The number of hydrogen-bond acceptors (Lipinski definition) is 1. The van der Waals surface area contributed by atoms with Crippen molar-refractivity contribution in [2.45, 2.75) is 52.5 Å². The first-order chi connectivity index (χ1) is 6.68. The smallest absolute Gasteiger partial charge is 0.0101 e. The van der Waals surface area contributed by atoms with Crippen LogP contribution in [0.4, 0.5) is 0 Å². The summed E-state index contributed by atoms with van der Waals surface area (Å²) in [4.78, 5) is 2.73. The molecule has 14 heavy (non-hydrogen) atoms. The SMILES string of the molecule is CC(C)C(C)C1CC(N2CCCC2)C1. The lowest BCUT2D eigenvalue weighted by atomic mass is 9.69. The van der Waals surface area contributed by atoms with Crippen molar-refractivity contribution in [1.29, 1.82) is 0 Å². The van der Waals surface area contributed by atoms with Crippen molar-refractivity contribution in [3.63, 3.8) is 0 Å². The summed E-state index contributed by atoms with van der Waals surface area (Å²) in [5.74, 6) is 2.84.